The molecule has 0 aliphatic carbocycles. The maximum absolute atomic E-state index is 5.89. The molecule has 2 heterocycles. The van der Waals surface area contributed by atoms with E-state index in [0.29, 0.717) is 5.22 Å². The van der Waals surface area contributed by atoms with Gasteiger partial charge in [-0.1, -0.05) is 18.3 Å². The zero-order chi connectivity index (χ0) is 12.1. The molecule has 2 aromatic heterocycles. The molecule has 4 nitrogen and oxygen atoms in total. The third-order valence-corrected chi connectivity index (χ3v) is 3.62. The van der Waals surface area contributed by atoms with Crippen LogP contribution in [-0.4, -0.2) is 23.3 Å². The fourth-order valence-electron chi connectivity index (χ4n) is 1.45. The van der Waals surface area contributed by atoms with Crippen molar-refractivity contribution in [3.05, 3.63) is 22.6 Å². The molecule has 0 aliphatic rings. The predicted octanol–water partition coefficient (Wildman–Crippen LogP) is 2.99. The summed E-state index contributed by atoms with van der Waals surface area (Å²) in [6, 6.07) is 1.81. The zero-order valence-corrected chi connectivity index (χ0v) is 11.1. The molecule has 0 fully saturated rings. The Balaban J connectivity index is 1.95. The van der Waals surface area contributed by atoms with Crippen molar-refractivity contribution in [3.8, 4) is 10.6 Å². The summed E-state index contributed by atoms with van der Waals surface area (Å²) in [5.41, 5.74) is 0.821. The number of aryl methyl sites for hydroxylation is 1. The number of nitrogens with one attached hydrogen (secondary N) is 1. The second kappa shape index (κ2) is 6.14. The van der Waals surface area contributed by atoms with Gasteiger partial charge >= 0.3 is 0 Å². The van der Waals surface area contributed by atoms with Crippen LogP contribution in [0.3, 0.4) is 0 Å². The number of hydrogen-bond acceptors (Lipinski definition) is 5. The molecule has 17 heavy (non-hydrogen) atoms. The van der Waals surface area contributed by atoms with E-state index in [1.165, 1.54) is 0 Å². The molecule has 1 N–H and O–H groups in total. The van der Waals surface area contributed by atoms with Crippen molar-refractivity contribution in [2.24, 2.45) is 0 Å². The van der Waals surface area contributed by atoms with Crippen LogP contribution in [0.5, 0.6) is 0 Å². The fourth-order valence-corrected chi connectivity index (χ4v) is 2.61. The summed E-state index contributed by atoms with van der Waals surface area (Å²) in [6.07, 6.45) is 3.58. The van der Waals surface area contributed by atoms with Crippen LogP contribution in [0.15, 0.2) is 16.7 Å². The van der Waals surface area contributed by atoms with Crippen molar-refractivity contribution in [2.45, 2.75) is 19.8 Å². The summed E-state index contributed by atoms with van der Waals surface area (Å²) in [5.74, 6) is 0. The molecule has 0 atom stereocenters. The molecule has 0 amide bonds. The Bertz CT molecular complexity index is 469. The predicted molar refractivity (Wildman–Crippen MR) is 69.5 cm³/mol. The van der Waals surface area contributed by atoms with Crippen molar-refractivity contribution in [1.82, 2.24) is 15.5 Å². The van der Waals surface area contributed by atoms with Crippen molar-refractivity contribution in [3.63, 3.8) is 0 Å². The van der Waals surface area contributed by atoms with Crippen LogP contribution in [-0.2, 0) is 6.42 Å². The molecule has 0 radical (unpaired) electrons. The minimum absolute atomic E-state index is 0.375. The summed E-state index contributed by atoms with van der Waals surface area (Å²) in [4.78, 5) is 0. The Morgan fingerprint density at radius 2 is 2.35 bits per heavy atom. The Kier molecular flexibility index (Phi) is 4.53. The van der Waals surface area contributed by atoms with Crippen LogP contribution >= 0.6 is 22.9 Å². The van der Waals surface area contributed by atoms with Gasteiger partial charge in [0.05, 0.1) is 11.8 Å². The number of rotatable bonds is 6. The van der Waals surface area contributed by atoms with Gasteiger partial charge in [-0.15, -0.1) is 10.2 Å². The van der Waals surface area contributed by atoms with Crippen molar-refractivity contribution < 1.29 is 4.42 Å². The summed E-state index contributed by atoms with van der Waals surface area (Å²) in [6.45, 7) is 4.12. The average molecular weight is 272 g/mol. The first-order valence-corrected chi connectivity index (χ1v) is 6.77. The molecule has 0 spiro atoms. The van der Waals surface area contributed by atoms with Gasteiger partial charge in [-0.05, 0) is 37.2 Å². The maximum Gasteiger partial charge on any atom is 0.203 e. The second-order valence-electron chi connectivity index (χ2n) is 3.57. The van der Waals surface area contributed by atoms with Crippen LogP contribution in [0.1, 0.15) is 18.4 Å². The molecular formula is C11H14ClN3OS. The van der Waals surface area contributed by atoms with E-state index in [4.69, 9.17) is 16.0 Å². The topological polar surface area (TPSA) is 51.0 Å². The van der Waals surface area contributed by atoms with Gasteiger partial charge in [0.1, 0.15) is 5.01 Å². The lowest BCUT2D eigenvalue weighted by molar-refractivity contribution is 0.570. The van der Waals surface area contributed by atoms with E-state index in [1.54, 1.807) is 17.6 Å². The highest BCUT2D eigenvalue weighted by Gasteiger charge is 2.11. The average Bonchev–Trinajstić information content (AvgIpc) is 2.93. The molecule has 0 bridgehead atoms. The molecule has 92 valence electrons. The smallest absolute Gasteiger partial charge is 0.203 e. The number of hydrogen-bond donors (Lipinski definition) is 1. The molecule has 6 heteroatoms. The van der Waals surface area contributed by atoms with Gasteiger partial charge in [0.25, 0.3) is 0 Å². The normalized spacial score (nSPS) is 10.9. The number of nitrogens with zero attached hydrogens (tertiary/aromatic N) is 2. The third kappa shape index (κ3) is 3.28. The molecular weight excluding hydrogens is 258 g/mol. The highest BCUT2D eigenvalue weighted by Crippen LogP contribution is 2.31. The highest BCUT2D eigenvalue weighted by atomic mass is 35.5. The maximum atomic E-state index is 5.89. The lowest BCUT2D eigenvalue weighted by Gasteiger charge is -1.97. The Hall–Kier alpha value is -0.910. The zero-order valence-electron chi connectivity index (χ0n) is 9.57. The SMILES string of the molecule is CCNCCCc1nnc(-c2ccoc2Cl)s1. The quantitative estimate of drug-likeness (QED) is 0.821. The minimum Gasteiger partial charge on any atom is -0.452 e. The van der Waals surface area contributed by atoms with E-state index in [9.17, 15) is 0 Å². The molecule has 2 aromatic rings. The van der Waals surface area contributed by atoms with Gasteiger partial charge in [-0.3, -0.25) is 0 Å². The summed E-state index contributed by atoms with van der Waals surface area (Å²) >= 11 is 7.46. The molecule has 2 rings (SSSR count). The van der Waals surface area contributed by atoms with Crippen molar-refractivity contribution in [1.29, 1.82) is 0 Å². The second-order valence-corrected chi connectivity index (χ2v) is 4.97. The van der Waals surface area contributed by atoms with Crippen LogP contribution in [0.2, 0.25) is 5.22 Å². The first-order valence-electron chi connectivity index (χ1n) is 5.57. The fraction of sp³-hybridized carbons (Fsp3) is 0.455. The molecule has 0 saturated heterocycles. The minimum atomic E-state index is 0.375. The van der Waals surface area contributed by atoms with E-state index >= 15 is 0 Å². The number of halogens is 1. The van der Waals surface area contributed by atoms with Gasteiger partial charge in [0.2, 0.25) is 5.22 Å². The van der Waals surface area contributed by atoms with E-state index in [2.05, 4.69) is 22.4 Å². The van der Waals surface area contributed by atoms with Crippen molar-refractivity contribution in [2.75, 3.05) is 13.1 Å². The first kappa shape index (κ1) is 12.5. The number of aromatic nitrogens is 2. The molecule has 0 aromatic carbocycles. The Morgan fingerprint density at radius 3 is 3.06 bits per heavy atom. The van der Waals surface area contributed by atoms with E-state index in [0.717, 1.165) is 41.5 Å². The van der Waals surface area contributed by atoms with Crippen LogP contribution in [0, 0.1) is 0 Å². The lowest BCUT2D eigenvalue weighted by atomic mass is 10.3. The van der Waals surface area contributed by atoms with E-state index in [1.807, 2.05) is 6.07 Å². The standard InChI is InChI=1S/C11H14ClN3OS/c1-2-13-6-3-4-9-14-15-11(17-9)8-5-7-16-10(8)12/h5,7,13H,2-4,6H2,1H3. The molecule has 0 unspecified atom stereocenters. The van der Waals surface area contributed by atoms with Gasteiger partial charge in [0, 0.05) is 6.42 Å². The monoisotopic (exact) mass is 271 g/mol. The van der Waals surface area contributed by atoms with Gasteiger partial charge in [-0.25, -0.2) is 0 Å². The Morgan fingerprint density at radius 1 is 1.47 bits per heavy atom. The van der Waals surface area contributed by atoms with Gasteiger partial charge < -0.3 is 9.73 Å². The largest absolute Gasteiger partial charge is 0.452 e. The van der Waals surface area contributed by atoms with Crippen LogP contribution in [0.25, 0.3) is 10.6 Å². The Labute approximate surface area is 109 Å². The highest BCUT2D eigenvalue weighted by molar-refractivity contribution is 7.14. The van der Waals surface area contributed by atoms with Crippen LogP contribution in [0.4, 0.5) is 0 Å². The third-order valence-electron chi connectivity index (χ3n) is 2.31. The molecule has 0 saturated carbocycles. The number of furan rings is 1. The van der Waals surface area contributed by atoms with Crippen LogP contribution < -0.4 is 5.32 Å². The summed E-state index contributed by atoms with van der Waals surface area (Å²) < 4.78 is 5.04. The van der Waals surface area contributed by atoms with E-state index in [-0.39, 0.29) is 0 Å². The van der Waals surface area contributed by atoms with E-state index < -0.39 is 0 Å². The van der Waals surface area contributed by atoms with Gasteiger partial charge in [-0.2, -0.15) is 0 Å². The lowest BCUT2D eigenvalue weighted by Crippen LogP contribution is -2.14. The summed E-state index contributed by atoms with van der Waals surface area (Å²) in [7, 11) is 0. The summed E-state index contributed by atoms with van der Waals surface area (Å²) in [5, 5.41) is 13.8. The first-order chi connectivity index (χ1) is 8.31. The van der Waals surface area contributed by atoms with Crippen molar-refractivity contribution >= 4 is 22.9 Å². The molecule has 0 aliphatic heterocycles. The van der Waals surface area contributed by atoms with Gasteiger partial charge in [0.15, 0.2) is 5.01 Å².